The van der Waals surface area contributed by atoms with Crippen molar-refractivity contribution in [1.82, 2.24) is 4.90 Å². The Morgan fingerprint density at radius 2 is 1.44 bits per heavy atom. The number of aliphatic hydroxyl groups is 2. The molecule has 0 bridgehead atoms. The summed E-state index contributed by atoms with van der Waals surface area (Å²) in [6.07, 6.45) is -0.868. The topological polar surface area (TPSA) is 113 Å². The van der Waals surface area contributed by atoms with Crippen LogP contribution in [0.15, 0.2) is 109 Å². The molecule has 4 unspecified atom stereocenters. The van der Waals surface area contributed by atoms with Gasteiger partial charge in [-0.05, 0) is 35.1 Å². The van der Waals surface area contributed by atoms with E-state index in [0.29, 0.717) is 23.4 Å². The number of carbonyl (C=O) groups is 1. The van der Waals surface area contributed by atoms with Crippen LogP contribution in [0, 0.1) is 22.0 Å². The van der Waals surface area contributed by atoms with E-state index >= 15 is 0 Å². The van der Waals surface area contributed by atoms with Crippen LogP contribution in [0.2, 0.25) is 0 Å². The number of ether oxygens (including phenoxy) is 1. The molecule has 2 N–H and O–H groups in total. The Balaban J connectivity index is 1.46. The van der Waals surface area contributed by atoms with Gasteiger partial charge in [-0.15, -0.1) is 0 Å². The van der Waals surface area contributed by atoms with Crippen molar-refractivity contribution in [3.63, 3.8) is 0 Å². The summed E-state index contributed by atoms with van der Waals surface area (Å²) in [7, 11) is 1.54. The number of fused-ring (bicyclic) bond motifs is 1. The summed E-state index contributed by atoms with van der Waals surface area (Å²) < 4.78 is 5.66. The number of hydrogen-bond donors (Lipinski definition) is 2. The van der Waals surface area contributed by atoms with Crippen molar-refractivity contribution >= 4 is 11.6 Å². The highest BCUT2D eigenvalue weighted by atomic mass is 16.6. The third-order valence-corrected chi connectivity index (χ3v) is 9.51. The number of nitro benzene ring substituents is 1. The summed E-state index contributed by atoms with van der Waals surface area (Å²) in [6, 6.07) is 33.3. The van der Waals surface area contributed by atoms with Crippen molar-refractivity contribution in [3.05, 3.63) is 142 Å². The van der Waals surface area contributed by atoms with Gasteiger partial charge in [0.1, 0.15) is 11.4 Å². The fraction of sp³-hybridized carbons (Fsp3) is 0.286. The molecule has 2 fully saturated rings. The summed E-state index contributed by atoms with van der Waals surface area (Å²) >= 11 is 0. The molecule has 0 aromatic heterocycles. The predicted octanol–water partition coefficient (Wildman–Crippen LogP) is 4.86. The molecular formula is C35H34N2O6. The van der Waals surface area contributed by atoms with Crippen LogP contribution in [-0.2, 0) is 22.2 Å². The van der Waals surface area contributed by atoms with E-state index in [1.54, 1.807) is 36.3 Å². The fourth-order valence-electron chi connectivity index (χ4n) is 7.49. The minimum absolute atomic E-state index is 0.0326. The Bertz CT molecular complexity index is 1570. The highest BCUT2D eigenvalue weighted by Gasteiger charge is 2.64. The molecule has 1 aliphatic heterocycles. The third kappa shape index (κ3) is 4.76. The molecule has 0 radical (unpaired) electrons. The molecular weight excluding hydrogens is 544 g/mol. The van der Waals surface area contributed by atoms with Crippen LogP contribution in [0.1, 0.15) is 28.7 Å². The number of carbonyl (C=O) groups excluding carboxylic acids is 1. The van der Waals surface area contributed by atoms with Gasteiger partial charge in [-0.3, -0.25) is 14.9 Å². The second-order valence-corrected chi connectivity index (χ2v) is 11.6. The molecule has 4 aromatic carbocycles. The van der Waals surface area contributed by atoms with E-state index in [9.17, 15) is 25.1 Å². The largest absolute Gasteiger partial charge is 0.496 e. The van der Waals surface area contributed by atoms with Gasteiger partial charge in [0.2, 0.25) is 5.91 Å². The quantitative estimate of drug-likeness (QED) is 0.239. The van der Waals surface area contributed by atoms with Gasteiger partial charge in [-0.1, -0.05) is 91.0 Å². The number of non-ortho nitro benzene ring substituents is 1. The summed E-state index contributed by atoms with van der Waals surface area (Å²) in [5.41, 5.74) is 0.789. The molecule has 4 atom stereocenters. The maximum absolute atomic E-state index is 13.8. The Labute approximate surface area is 250 Å². The van der Waals surface area contributed by atoms with Gasteiger partial charge in [0, 0.05) is 42.1 Å². The maximum atomic E-state index is 13.8. The molecule has 1 heterocycles. The number of hydrogen-bond acceptors (Lipinski definition) is 6. The molecule has 1 saturated heterocycles. The summed E-state index contributed by atoms with van der Waals surface area (Å²) in [5, 5.41) is 35.8. The monoisotopic (exact) mass is 578 g/mol. The van der Waals surface area contributed by atoms with Crippen molar-refractivity contribution in [1.29, 1.82) is 0 Å². The second kappa shape index (κ2) is 11.3. The van der Waals surface area contributed by atoms with Crippen molar-refractivity contribution in [2.75, 3.05) is 20.2 Å². The summed E-state index contributed by atoms with van der Waals surface area (Å²) in [5.74, 6) is -0.453. The summed E-state index contributed by atoms with van der Waals surface area (Å²) in [6.45, 7) is 0.591. The van der Waals surface area contributed by atoms with E-state index in [4.69, 9.17) is 4.74 Å². The van der Waals surface area contributed by atoms with Crippen LogP contribution < -0.4 is 4.74 Å². The van der Waals surface area contributed by atoms with E-state index in [-0.39, 0.29) is 36.9 Å². The predicted molar refractivity (Wildman–Crippen MR) is 162 cm³/mol. The average molecular weight is 579 g/mol. The van der Waals surface area contributed by atoms with Crippen LogP contribution >= 0.6 is 0 Å². The first-order valence-electron chi connectivity index (χ1n) is 14.4. The SMILES string of the molecule is COc1ccccc1C1(O)C(O)CC(c2ccccc2)(c2ccccc2)C2CN(C(=O)Cc3ccc([N+](=O)[O-])cc3)CC21. The van der Waals surface area contributed by atoms with Crippen LogP contribution in [0.4, 0.5) is 5.69 Å². The standard InChI is InChI=1S/C35H34N2O6/c1-43-31-15-9-8-14-28(31)35(40)30-23-36(33(39)20-24-16-18-27(19-17-24)37(41)42)22-29(30)34(21-32(35)38,25-10-4-2-5-11-25)26-12-6-3-7-13-26/h2-19,29-30,32,38,40H,20-23H2,1H3. The Kier molecular flexibility index (Phi) is 7.50. The lowest BCUT2D eigenvalue weighted by molar-refractivity contribution is -0.384. The smallest absolute Gasteiger partial charge is 0.269 e. The van der Waals surface area contributed by atoms with Crippen molar-refractivity contribution < 1.29 is 24.7 Å². The highest BCUT2D eigenvalue weighted by molar-refractivity contribution is 5.79. The summed E-state index contributed by atoms with van der Waals surface area (Å²) in [4.78, 5) is 26.3. The van der Waals surface area contributed by atoms with E-state index in [2.05, 4.69) is 24.3 Å². The first kappa shape index (κ1) is 28.6. The number of benzene rings is 4. The fourth-order valence-corrected chi connectivity index (χ4v) is 7.49. The first-order chi connectivity index (χ1) is 20.8. The lowest BCUT2D eigenvalue weighted by Crippen LogP contribution is -2.60. The number of nitro groups is 1. The van der Waals surface area contributed by atoms with Gasteiger partial charge in [0.15, 0.2) is 0 Å². The zero-order chi connectivity index (χ0) is 30.2. The Morgan fingerprint density at radius 1 is 0.884 bits per heavy atom. The molecule has 43 heavy (non-hydrogen) atoms. The van der Waals surface area contributed by atoms with E-state index in [1.165, 1.54) is 12.1 Å². The van der Waals surface area contributed by atoms with Gasteiger partial charge in [-0.25, -0.2) is 0 Å². The normalized spacial score (nSPS) is 24.3. The van der Waals surface area contributed by atoms with Gasteiger partial charge in [0.25, 0.3) is 5.69 Å². The van der Waals surface area contributed by atoms with Crippen molar-refractivity contribution in [2.45, 2.75) is 30.0 Å². The van der Waals surface area contributed by atoms with Crippen LogP contribution in [0.3, 0.4) is 0 Å². The average Bonchev–Trinajstić information content (AvgIpc) is 3.51. The number of nitrogens with zero attached hydrogens (tertiary/aromatic N) is 2. The number of aliphatic hydroxyl groups excluding tert-OH is 1. The molecule has 2 aliphatic rings. The maximum Gasteiger partial charge on any atom is 0.269 e. The van der Waals surface area contributed by atoms with Crippen LogP contribution in [0.5, 0.6) is 5.75 Å². The van der Waals surface area contributed by atoms with E-state index in [0.717, 1.165) is 11.1 Å². The minimum atomic E-state index is -1.69. The molecule has 6 rings (SSSR count). The number of rotatable bonds is 7. The van der Waals surface area contributed by atoms with Gasteiger partial charge in [-0.2, -0.15) is 0 Å². The zero-order valence-corrected chi connectivity index (χ0v) is 23.9. The number of amides is 1. The second-order valence-electron chi connectivity index (χ2n) is 11.6. The van der Waals surface area contributed by atoms with Gasteiger partial charge in [0.05, 0.1) is 24.6 Å². The number of para-hydroxylation sites is 1. The van der Waals surface area contributed by atoms with Gasteiger partial charge >= 0.3 is 0 Å². The lowest BCUT2D eigenvalue weighted by Gasteiger charge is -2.55. The minimum Gasteiger partial charge on any atom is -0.496 e. The van der Waals surface area contributed by atoms with Gasteiger partial charge < -0.3 is 19.8 Å². The molecule has 4 aromatic rings. The van der Waals surface area contributed by atoms with Crippen molar-refractivity contribution in [3.8, 4) is 5.75 Å². The highest BCUT2D eigenvalue weighted by Crippen LogP contribution is 2.60. The van der Waals surface area contributed by atoms with E-state index < -0.39 is 28.0 Å². The molecule has 8 heteroatoms. The third-order valence-electron chi connectivity index (χ3n) is 9.51. The van der Waals surface area contributed by atoms with Crippen LogP contribution in [0.25, 0.3) is 0 Å². The molecule has 1 saturated carbocycles. The number of methoxy groups -OCH3 is 1. The first-order valence-corrected chi connectivity index (χ1v) is 14.4. The number of likely N-dealkylation sites (tertiary alicyclic amines) is 1. The zero-order valence-electron chi connectivity index (χ0n) is 23.9. The Morgan fingerprint density at radius 3 is 2.02 bits per heavy atom. The molecule has 8 nitrogen and oxygen atoms in total. The molecule has 0 spiro atoms. The van der Waals surface area contributed by atoms with Crippen LogP contribution in [-0.4, -0.2) is 52.2 Å². The Hall–Kier alpha value is -4.53. The molecule has 1 aliphatic carbocycles. The van der Waals surface area contributed by atoms with E-state index in [1.807, 2.05) is 48.5 Å². The molecule has 1 amide bonds. The molecule has 220 valence electrons. The lowest BCUT2D eigenvalue weighted by atomic mass is 9.51. The van der Waals surface area contributed by atoms with Crippen molar-refractivity contribution in [2.24, 2.45) is 11.8 Å².